The van der Waals surface area contributed by atoms with Crippen molar-refractivity contribution in [3.05, 3.63) is 62.3 Å². The van der Waals surface area contributed by atoms with Gasteiger partial charge in [0.25, 0.3) is 17.7 Å². The van der Waals surface area contributed by atoms with E-state index >= 15 is 0 Å². The van der Waals surface area contributed by atoms with Crippen LogP contribution in [0, 0.1) is 5.82 Å². The lowest BCUT2D eigenvalue weighted by Crippen LogP contribution is -2.38. The number of ether oxygens (including phenoxy) is 1. The van der Waals surface area contributed by atoms with Crippen molar-refractivity contribution < 1.29 is 28.3 Å². The molecule has 0 fully saturated rings. The molecule has 1 N–H and O–H groups in total. The lowest BCUT2D eigenvalue weighted by Gasteiger charge is -2.17. The van der Waals surface area contributed by atoms with Crippen molar-refractivity contribution in [2.45, 2.75) is 13.0 Å². The van der Waals surface area contributed by atoms with Crippen LogP contribution >= 0.6 is 34.8 Å². The Balaban J connectivity index is 1.63. The van der Waals surface area contributed by atoms with Crippen LogP contribution in [0.3, 0.4) is 0 Å². The van der Waals surface area contributed by atoms with E-state index < -0.39 is 42.2 Å². The van der Waals surface area contributed by atoms with Gasteiger partial charge < -0.3 is 10.1 Å². The number of esters is 1. The predicted molar refractivity (Wildman–Crippen MR) is 107 cm³/mol. The van der Waals surface area contributed by atoms with Crippen LogP contribution in [0.25, 0.3) is 0 Å². The Morgan fingerprint density at radius 3 is 2.17 bits per heavy atom. The fourth-order valence-corrected chi connectivity index (χ4v) is 3.16. The van der Waals surface area contributed by atoms with Gasteiger partial charge in [-0.3, -0.25) is 24.1 Å². The van der Waals surface area contributed by atoms with Crippen LogP contribution in [0.15, 0.2) is 30.3 Å². The van der Waals surface area contributed by atoms with Gasteiger partial charge in [0, 0.05) is 5.02 Å². The van der Waals surface area contributed by atoms with Crippen molar-refractivity contribution in [2.24, 2.45) is 0 Å². The molecule has 0 bridgehead atoms. The van der Waals surface area contributed by atoms with Crippen LogP contribution in [0.1, 0.15) is 27.6 Å². The summed E-state index contributed by atoms with van der Waals surface area (Å²) in [6.07, 6.45) is -1.33. The number of halogens is 4. The molecule has 0 aliphatic carbocycles. The van der Waals surface area contributed by atoms with Crippen molar-refractivity contribution in [1.29, 1.82) is 0 Å². The highest BCUT2D eigenvalue weighted by Gasteiger charge is 2.38. The third-order valence-electron chi connectivity index (χ3n) is 4.17. The molecule has 2 aromatic rings. The maximum atomic E-state index is 13.8. The highest BCUT2D eigenvalue weighted by atomic mass is 35.5. The number of nitrogens with one attached hydrogen (secondary N) is 1. The minimum absolute atomic E-state index is 0.00575. The monoisotopic (exact) mass is 472 g/mol. The van der Waals surface area contributed by atoms with Crippen molar-refractivity contribution in [1.82, 2.24) is 4.90 Å². The highest BCUT2D eigenvalue weighted by molar-refractivity contribution is 6.43. The molecule has 30 heavy (non-hydrogen) atoms. The second-order valence-corrected chi connectivity index (χ2v) is 7.50. The lowest BCUT2D eigenvalue weighted by atomic mass is 10.1. The van der Waals surface area contributed by atoms with Gasteiger partial charge in [-0.2, -0.15) is 0 Å². The van der Waals surface area contributed by atoms with Gasteiger partial charge in [-0.15, -0.1) is 0 Å². The summed E-state index contributed by atoms with van der Waals surface area (Å²) < 4.78 is 18.7. The number of nitrogens with zero attached hydrogens (tertiary/aromatic N) is 1. The summed E-state index contributed by atoms with van der Waals surface area (Å²) in [4.78, 5) is 49.7. The number of rotatable bonds is 5. The molecule has 0 saturated carbocycles. The maximum absolute atomic E-state index is 13.8. The summed E-state index contributed by atoms with van der Waals surface area (Å²) in [5.41, 5.74) is -0.140. The van der Waals surface area contributed by atoms with Crippen LogP contribution in [0.4, 0.5) is 10.1 Å². The van der Waals surface area contributed by atoms with E-state index in [1.54, 1.807) is 0 Å². The largest absolute Gasteiger partial charge is 0.451 e. The number of anilines is 1. The average Bonchev–Trinajstić information content (AvgIpc) is 2.88. The van der Waals surface area contributed by atoms with Gasteiger partial charge in [0.15, 0.2) is 6.10 Å². The average molecular weight is 474 g/mol. The first kappa shape index (κ1) is 22.0. The Hall–Kier alpha value is -2.68. The van der Waals surface area contributed by atoms with Crippen molar-refractivity contribution in [3.8, 4) is 0 Å². The normalized spacial score (nSPS) is 13.8. The van der Waals surface area contributed by atoms with E-state index in [0.29, 0.717) is 4.90 Å². The summed E-state index contributed by atoms with van der Waals surface area (Å²) in [5, 5.41) is 2.57. The van der Waals surface area contributed by atoms with E-state index in [0.717, 1.165) is 6.07 Å². The SMILES string of the molecule is CC(OC(=O)CN1C(=O)c2cc(Cl)c(Cl)cc2C1=O)C(=O)Nc1ccc(Cl)cc1F. The molecule has 0 spiro atoms. The Labute approximate surface area is 184 Å². The molecule has 1 aliphatic heterocycles. The fraction of sp³-hybridized carbons (Fsp3) is 0.158. The number of carbonyl (C=O) groups excluding carboxylic acids is 4. The van der Waals surface area contributed by atoms with E-state index in [-0.39, 0.29) is 31.9 Å². The first-order valence-corrected chi connectivity index (χ1v) is 9.52. The molecule has 1 heterocycles. The second-order valence-electron chi connectivity index (χ2n) is 6.25. The number of amides is 3. The Bertz CT molecular complexity index is 1050. The smallest absolute Gasteiger partial charge is 0.326 e. The van der Waals surface area contributed by atoms with Gasteiger partial charge in [-0.1, -0.05) is 34.8 Å². The third-order valence-corrected chi connectivity index (χ3v) is 5.12. The van der Waals surface area contributed by atoms with Crippen molar-refractivity contribution in [3.63, 3.8) is 0 Å². The van der Waals surface area contributed by atoms with E-state index in [1.165, 1.54) is 31.2 Å². The van der Waals surface area contributed by atoms with Gasteiger partial charge in [-0.25, -0.2) is 4.39 Å². The van der Waals surface area contributed by atoms with Gasteiger partial charge in [0.05, 0.1) is 26.9 Å². The Morgan fingerprint density at radius 2 is 1.63 bits per heavy atom. The standard InChI is InChI=1S/C19H12Cl3FN2O5/c1-8(17(27)24-15-3-2-9(20)4-14(15)23)30-16(26)7-25-18(28)10-5-12(21)13(22)6-11(10)19(25)29/h2-6,8H,7H2,1H3,(H,24,27). The Morgan fingerprint density at radius 1 is 1.07 bits per heavy atom. The van der Waals surface area contributed by atoms with E-state index in [9.17, 15) is 23.6 Å². The number of fused-ring (bicyclic) bond motifs is 1. The number of benzene rings is 2. The molecule has 0 saturated heterocycles. The maximum Gasteiger partial charge on any atom is 0.326 e. The highest BCUT2D eigenvalue weighted by Crippen LogP contribution is 2.31. The quantitative estimate of drug-likeness (QED) is 0.524. The minimum Gasteiger partial charge on any atom is -0.451 e. The van der Waals surface area contributed by atoms with E-state index in [1.807, 2.05) is 0 Å². The zero-order chi connectivity index (χ0) is 22.2. The number of hydrogen-bond donors (Lipinski definition) is 1. The molecule has 1 unspecified atom stereocenters. The van der Waals surface area contributed by atoms with E-state index in [2.05, 4.69) is 5.32 Å². The summed E-state index contributed by atoms with van der Waals surface area (Å²) >= 11 is 17.4. The molecule has 11 heteroatoms. The first-order chi connectivity index (χ1) is 14.1. The summed E-state index contributed by atoms with van der Waals surface area (Å²) in [7, 11) is 0. The van der Waals surface area contributed by atoms with Gasteiger partial charge in [-0.05, 0) is 37.3 Å². The number of hydrogen-bond acceptors (Lipinski definition) is 5. The van der Waals surface area contributed by atoms with Crippen LogP contribution < -0.4 is 5.32 Å². The minimum atomic E-state index is -1.33. The Kier molecular flexibility index (Phi) is 6.30. The van der Waals surface area contributed by atoms with Crippen LogP contribution in [0.5, 0.6) is 0 Å². The molecule has 1 aliphatic rings. The first-order valence-electron chi connectivity index (χ1n) is 8.39. The van der Waals surface area contributed by atoms with Gasteiger partial charge in [0.2, 0.25) is 0 Å². The third kappa shape index (κ3) is 4.40. The molecular formula is C19H12Cl3FN2O5. The second kappa shape index (κ2) is 8.59. The van der Waals surface area contributed by atoms with Crippen LogP contribution in [0.2, 0.25) is 15.1 Å². The van der Waals surface area contributed by atoms with Crippen molar-refractivity contribution in [2.75, 3.05) is 11.9 Å². The molecule has 156 valence electrons. The molecule has 3 rings (SSSR count). The zero-order valence-electron chi connectivity index (χ0n) is 15.2. The lowest BCUT2D eigenvalue weighted by molar-refractivity contribution is -0.153. The van der Waals surface area contributed by atoms with E-state index in [4.69, 9.17) is 39.5 Å². The number of imide groups is 1. The van der Waals surface area contributed by atoms with Crippen LogP contribution in [-0.2, 0) is 14.3 Å². The summed E-state index contributed by atoms with van der Waals surface area (Å²) in [6, 6.07) is 6.11. The van der Waals surface area contributed by atoms with Crippen molar-refractivity contribution >= 4 is 64.2 Å². The molecule has 0 aromatic heterocycles. The zero-order valence-corrected chi connectivity index (χ0v) is 17.4. The van der Waals surface area contributed by atoms with Crippen LogP contribution in [-0.4, -0.2) is 41.2 Å². The molecule has 0 radical (unpaired) electrons. The molecule has 1 atom stereocenters. The fourth-order valence-electron chi connectivity index (χ4n) is 2.67. The summed E-state index contributed by atoms with van der Waals surface area (Å²) in [5.74, 6) is -4.08. The molecule has 3 amide bonds. The number of carbonyl (C=O) groups is 4. The molecule has 2 aromatic carbocycles. The van der Waals surface area contributed by atoms with Gasteiger partial charge in [0.1, 0.15) is 12.4 Å². The predicted octanol–water partition coefficient (Wildman–Crippen LogP) is 3.95. The molecular weight excluding hydrogens is 462 g/mol. The summed E-state index contributed by atoms with van der Waals surface area (Å²) in [6.45, 7) is 0.525. The topological polar surface area (TPSA) is 92.8 Å². The molecule has 7 nitrogen and oxygen atoms in total. The van der Waals surface area contributed by atoms with Gasteiger partial charge >= 0.3 is 5.97 Å².